The Morgan fingerprint density at radius 3 is 2.61 bits per heavy atom. The van der Waals surface area contributed by atoms with Gasteiger partial charge in [-0.25, -0.2) is 4.98 Å². The number of carbonyl (C=O) groups is 2. The maximum Gasteiger partial charge on any atom is 0.304 e. The highest BCUT2D eigenvalue weighted by atomic mass is 35.5. The molecule has 1 fully saturated rings. The molecule has 2 aromatic rings. The van der Waals surface area contributed by atoms with Gasteiger partial charge in [0.25, 0.3) is 0 Å². The van der Waals surface area contributed by atoms with E-state index in [0.29, 0.717) is 46.1 Å². The molecule has 1 aromatic carbocycles. The Bertz CT molecular complexity index is 941. The Hall–Kier alpha value is -1.67. The van der Waals surface area contributed by atoms with Crippen LogP contribution in [0.3, 0.4) is 0 Å². The van der Waals surface area contributed by atoms with E-state index < -0.39 is 11.9 Å². The first-order chi connectivity index (χ1) is 14.7. The van der Waals surface area contributed by atoms with Gasteiger partial charge in [0.1, 0.15) is 0 Å². The molecule has 0 radical (unpaired) electrons. The van der Waals surface area contributed by atoms with Crippen molar-refractivity contribution in [2.75, 3.05) is 25.2 Å². The zero-order chi connectivity index (χ0) is 22.7. The van der Waals surface area contributed by atoms with Crippen molar-refractivity contribution in [3.63, 3.8) is 0 Å². The van der Waals surface area contributed by atoms with E-state index in [1.54, 1.807) is 25.2 Å². The van der Waals surface area contributed by atoms with Gasteiger partial charge in [0, 0.05) is 42.1 Å². The smallest absolute Gasteiger partial charge is 0.304 e. The van der Waals surface area contributed by atoms with E-state index in [1.807, 2.05) is 5.38 Å². The van der Waals surface area contributed by atoms with E-state index in [0.717, 1.165) is 0 Å². The fourth-order valence-corrected chi connectivity index (χ4v) is 5.31. The first kappa shape index (κ1) is 24.0. The van der Waals surface area contributed by atoms with Crippen molar-refractivity contribution in [2.45, 2.75) is 26.7 Å². The maximum atomic E-state index is 13.3. The molecule has 2 unspecified atom stereocenters. The third-order valence-corrected chi connectivity index (χ3v) is 7.35. The average molecular weight is 485 g/mol. The normalized spacial score (nSPS) is 22.2. The number of aromatic nitrogens is 1. The summed E-state index contributed by atoms with van der Waals surface area (Å²) in [5.74, 6) is -1.08. The molecule has 1 amide bonds. The van der Waals surface area contributed by atoms with Gasteiger partial charge in [0.15, 0.2) is 5.13 Å². The average Bonchev–Trinajstić information content (AvgIpc) is 3.20. The molecule has 6 nitrogen and oxygen atoms in total. The zero-order valence-electron chi connectivity index (χ0n) is 17.7. The summed E-state index contributed by atoms with van der Waals surface area (Å²) in [6.07, 6.45) is 0.303. The zero-order valence-corrected chi connectivity index (χ0v) is 20.0. The summed E-state index contributed by atoms with van der Waals surface area (Å²) in [6, 6.07) is 5.13. The Labute approximate surface area is 196 Å². The van der Waals surface area contributed by atoms with Crippen molar-refractivity contribution in [3.05, 3.63) is 33.6 Å². The summed E-state index contributed by atoms with van der Waals surface area (Å²) in [7, 11) is 1.64. The van der Waals surface area contributed by atoms with Crippen LogP contribution < -0.4 is 4.90 Å². The van der Waals surface area contributed by atoms with Crippen molar-refractivity contribution in [2.24, 2.45) is 23.7 Å². The highest BCUT2D eigenvalue weighted by Gasteiger charge is 2.35. The van der Waals surface area contributed by atoms with Gasteiger partial charge in [-0.15, -0.1) is 11.3 Å². The van der Waals surface area contributed by atoms with Crippen LogP contribution in [0.15, 0.2) is 23.6 Å². The number of rotatable bonds is 7. The number of ether oxygens (including phenoxy) is 1. The standard InChI is InChI=1S/C22H26Cl2N2O4S/c1-12-9-30-10-13(2)16(12)6-14(7-20(27)28)21(29)26(3)22-25-19(11-31-22)17-8-15(23)4-5-18(17)24/h4-5,8,11-14,16H,6-7,9-10H2,1-3H3,(H,27,28)/t12-,13+,14?,16?. The van der Waals surface area contributed by atoms with Gasteiger partial charge < -0.3 is 9.84 Å². The highest BCUT2D eigenvalue weighted by Crippen LogP contribution is 2.36. The summed E-state index contributed by atoms with van der Waals surface area (Å²) < 4.78 is 5.59. The number of amides is 1. The third kappa shape index (κ3) is 5.77. The largest absolute Gasteiger partial charge is 0.481 e. The lowest BCUT2D eigenvalue weighted by atomic mass is 9.75. The van der Waals surface area contributed by atoms with Gasteiger partial charge in [0.2, 0.25) is 5.91 Å². The number of nitrogens with zero attached hydrogens (tertiary/aromatic N) is 2. The van der Waals surface area contributed by atoms with E-state index >= 15 is 0 Å². The highest BCUT2D eigenvalue weighted by molar-refractivity contribution is 7.14. The van der Waals surface area contributed by atoms with Gasteiger partial charge >= 0.3 is 5.97 Å². The molecule has 2 heterocycles. The molecule has 1 aliphatic heterocycles. The predicted molar refractivity (Wildman–Crippen MR) is 124 cm³/mol. The molecule has 1 saturated heterocycles. The molecule has 0 aliphatic carbocycles. The Morgan fingerprint density at radius 1 is 1.29 bits per heavy atom. The Balaban J connectivity index is 1.80. The quantitative estimate of drug-likeness (QED) is 0.562. The van der Waals surface area contributed by atoms with Gasteiger partial charge in [-0.1, -0.05) is 37.0 Å². The number of hydrogen-bond donors (Lipinski definition) is 1. The van der Waals surface area contributed by atoms with Crippen LogP contribution in [-0.4, -0.2) is 42.2 Å². The van der Waals surface area contributed by atoms with Crippen molar-refractivity contribution >= 4 is 51.5 Å². The van der Waals surface area contributed by atoms with Crippen molar-refractivity contribution in [1.82, 2.24) is 4.98 Å². The number of carboxylic acids is 1. The molecule has 4 atom stereocenters. The fraction of sp³-hybridized carbons (Fsp3) is 0.500. The van der Waals surface area contributed by atoms with Crippen LogP contribution in [0.1, 0.15) is 26.7 Å². The van der Waals surface area contributed by atoms with Gasteiger partial charge in [-0.05, 0) is 42.4 Å². The first-order valence-electron chi connectivity index (χ1n) is 10.2. The molecule has 0 bridgehead atoms. The summed E-state index contributed by atoms with van der Waals surface area (Å²) in [5.41, 5.74) is 1.30. The van der Waals surface area contributed by atoms with Gasteiger partial charge in [-0.2, -0.15) is 0 Å². The van der Waals surface area contributed by atoms with Crippen molar-refractivity contribution in [3.8, 4) is 11.3 Å². The van der Waals surface area contributed by atoms with Crippen molar-refractivity contribution in [1.29, 1.82) is 0 Å². The van der Waals surface area contributed by atoms with Crippen LogP contribution in [-0.2, 0) is 14.3 Å². The molecule has 1 N–H and O–H groups in total. The molecule has 0 saturated carbocycles. The van der Waals surface area contributed by atoms with E-state index in [2.05, 4.69) is 18.8 Å². The van der Waals surface area contributed by atoms with Crippen molar-refractivity contribution < 1.29 is 19.4 Å². The van der Waals surface area contributed by atoms with Crippen LogP contribution in [0, 0.1) is 23.7 Å². The SMILES string of the molecule is C[C@@H]1COC[C@H](C)C1CC(CC(=O)O)C(=O)N(C)c1nc(-c2cc(Cl)ccc2Cl)cs1. The van der Waals surface area contributed by atoms with E-state index in [-0.39, 0.29) is 30.1 Å². The van der Waals surface area contributed by atoms with E-state index in [9.17, 15) is 14.7 Å². The lowest BCUT2D eigenvalue weighted by Crippen LogP contribution is -2.39. The Kier molecular flexibility index (Phi) is 7.97. The second-order valence-corrected chi connectivity index (χ2v) is 9.90. The number of benzene rings is 1. The third-order valence-electron chi connectivity index (χ3n) is 5.86. The number of aliphatic carboxylic acids is 1. The molecular weight excluding hydrogens is 459 g/mol. The van der Waals surface area contributed by atoms with E-state index in [1.165, 1.54) is 16.2 Å². The van der Waals surface area contributed by atoms with Gasteiger partial charge in [-0.3, -0.25) is 14.5 Å². The molecule has 1 aliphatic rings. The summed E-state index contributed by atoms with van der Waals surface area (Å²) in [6.45, 7) is 5.45. The molecule has 0 spiro atoms. The van der Waals surface area contributed by atoms with Crippen LogP contribution in [0.2, 0.25) is 10.0 Å². The molecule has 3 rings (SSSR count). The first-order valence-corrected chi connectivity index (χ1v) is 11.8. The maximum absolute atomic E-state index is 13.3. The van der Waals surface area contributed by atoms with Gasteiger partial charge in [0.05, 0.1) is 17.1 Å². The predicted octanol–water partition coefficient (Wildman–Crippen LogP) is 5.48. The molecule has 1 aromatic heterocycles. The molecule has 9 heteroatoms. The number of thiazole rings is 1. The lowest BCUT2D eigenvalue weighted by molar-refractivity contribution is -0.141. The lowest BCUT2D eigenvalue weighted by Gasteiger charge is -2.36. The second-order valence-electron chi connectivity index (χ2n) is 8.22. The minimum absolute atomic E-state index is 0.210. The molecule has 31 heavy (non-hydrogen) atoms. The molecule has 168 valence electrons. The van der Waals surface area contributed by atoms with Crippen LogP contribution in [0.5, 0.6) is 0 Å². The number of hydrogen-bond acceptors (Lipinski definition) is 5. The number of carboxylic acid groups (broad SMARTS) is 1. The fourth-order valence-electron chi connectivity index (χ4n) is 4.13. The number of halogens is 2. The van der Waals surface area contributed by atoms with E-state index in [4.69, 9.17) is 27.9 Å². The minimum atomic E-state index is -0.982. The van der Waals surface area contributed by atoms with Crippen LogP contribution in [0.25, 0.3) is 11.3 Å². The molecular formula is C22H26Cl2N2O4S. The minimum Gasteiger partial charge on any atom is -0.481 e. The Morgan fingerprint density at radius 2 is 1.97 bits per heavy atom. The number of anilines is 1. The monoisotopic (exact) mass is 484 g/mol. The summed E-state index contributed by atoms with van der Waals surface area (Å²) in [4.78, 5) is 30.8. The van der Waals surface area contributed by atoms with Crippen LogP contribution >= 0.6 is 34.5 Å². The second kappa shape index (κ2) is 10.3. The van der Waals surface area contributed by atoms with Crippen LogP contribution in [0.4, 0.5) is 5.13 Å². The topological polar surface area (TPSA) is 79.7 Å². The summed E-state index contributed by atoms with van der Waals surface area (Å²) in [5, 5.41) is 12.8. The summed E-state index contributed by atoms with van der Waals surface area (Å²) >= 11 is 13.7. The number of carbonyl (C=O) groups excluding carboxylic acids is 1.